The molecule has 1 aliphatic rings. The lowest BCUT2D eigenvalue weighted by atomic mass is 10.1. The number of benzene rings is 1. The summed E-state index contributed by atoms with van der Waals surface area (Å²) in [5.74, 6) is 0.164. The Kier molecular flexibility index (Phi) is 4.04. The number of anilines is 1. The van der Waals surface area contributed by atoms with Crippen LogP contribution in [0.25, 0.3) is 11.4 Å². The molecule has 2 heterocycles. The molecule has 1 saturated heterocycles. The minimum absolute atomic E-state index is 0.0474. The van der Waals surface area contributed by atoms with Crippen molar-refractivity contribution in [3.8, 4) is 11.4 Å². The van der Waals surface area contributed by atoms with Gasteiger partial charge in [0, 0.05) is 24.7 Å². The molecular weight excluding hydrogens is 278 g/mol. The molecule has 0 bridgehead atoms. The van der Waals surface area contributed by atoms with Crippen LogP contribution in [0.5, 0.6) is 0 Å². The summed E-state index contributed by atoms with van der Waals surface area (Å²) in [6.45, 7) is 3.85. The Hall–Kier alpha value is -2.43. The van der Waals surface area contributed by atoms with Gasteiger partial charge >= 0.3 is 5.97 Å². The Morgan fingerprint density at radius 1 is 1.09 bits per heavy atom. The summed E-state index contributed by atoms with van der Waals surface area (Å²) in [5.41, 5.74) is 2.03. The summed E-state index contributed by atoms with van der Waals surface area (Å²) in [6, 6.07) is 9.39. The molecule has 22 heavy (non-hydrogen) atoms. The van der Waals surface area contributed by atoms with Gasteiger partial charge < -0.3 is 10.0 Å². The van der Waals surface area contributed by atoms with E-state index >= 15 is 0 Å². The number of carbonyl (C=O) groups is 1. The van der Waals surface area contributed by atoms with Crippen molar-refractivity contribution in [3.63, 3.8) is 0 Å². The number of carboxylic acid groups (broad SMARTS) is 1. The monoisotopic (exact) mass is 297 g/mol. The van der Waals surface area contributed by atoms with Gasteiger partial charge in [-0.2, -0.15) is 0 Å². The van der Waals surface area contributed by atoms with Gasteiger partial charge in [0.2, 0.25) is 0 Å². The van der Waals surface area contributed by atoms with Crippen LogP contribution in [0.15, 0.2) is 30.3 Å². The Morgan fingerprint density at radius 3 is 2.41 bits per heavy atom. The number of aryl methyl sites for hydroxylation is 1. The number of piperidine rings is 1. The summed E-state index contributed by atoms with van der Waals surface area (Å²) in [6.07, 6.45) is 3.46. The van der Waals surface area contributed by atoms with Crippen molar-refractivity contribution >= 4 is 11.8 Å². The number of carboxylic acids is 1. The second-order valence-electron chi connectivity index (χ2n) is 5.65. The summed E-state index contributed by atoms with van der Waals surface area (Å²) < 4.78 is 0. The molecule has 5 heteroatoms. The van der Waals surface area contributed by atoms with Gasteiger partial charge in [-0.1, -0.05) is 29.8 Å². The molecule has 0 unspecified atom stereocenters. The SMILES string of the molecule is Cc1ccc(-c2nc(C(=O)O)cc(N3CCCCC3)n2)cc1. The molecule has 0 aliphatic carbocycles. The maximum absolute atomic E-state index is 11.4. The minimum atomic E-state index is -1.02. The van der Waals surface area contributed by atoms with E-state index < -0.39 is 5.97 Å². The first-order chi connectivity index (χ1) is 10.6. The topological polar surface area (TPSA) is 66.3 Å². The van der Waals surface area contributed by atoms with Crippen LogP contribution in [-0.2, 0) is 0 Å². The average molecular weight is 297 g/mol. The van der Waals surface area contributed by atoms with Crippen molar-refractivity contribution in [2.75, 3.05) is 18.0 Å². The third-order valence-electron chi connectivity index (χ3n) is 3.92. The van der Waals surface area contributed by atoms with Gasteiger partial charge in [-0.05, 0) is 26.2 Å². The van der Waals surface area contributed by atoms with E-state index in [0.29, 0.717) is 11.6 Å². The highest BCUT2D eigenvalue weighted by Gasteiger charge is 2.17. The highest BCUT2D eigenvalue weighted by atomic mass is 16.4. The number of hydrogen-bond acceptors (Lipinski definition) is 4. The third kappa shape index (κ3) is 3.08. The van der Waals surface area contributed by atoms with E-state index in [2.05, 4.69) is 14.9 Å². The molecular formula is C17H19N3O2. The molecule has 1 aromatic carbocycles. The van der Waals surface area contributed by atoms with Crippen LogP contribution >= 0.6 is 0 Å². The van der Waals surface area contributed by atoms with Gasteiger partial charge in [0.15, 0.2) is 11.5 Å². The van der Waals surface area contributed by atoms with Crippen molar-refractivity contribution in [1.29, 1.82) is 0 Å². The van der Waals surface area contributed by atoms with E-state index in [-0.39, 0.29) is 5.69 Å². The van der Waals surface area contributed by atoms with Crippen LogP contribution in [-0.4, -0.2) is 34.1 Å². The van der Waals surface area contributed by atoms with Crippen LogP contribution in [0, 0.1) is 6.92 Å². The average Bonchev–Trinajstić information content (AvgIpc) is 2.56. The fourth-order valence-corrected chi connectivity index (χ4v) is 2.66. The largest absolute Gasteiger partial charge is 0.477 e. The van der Waals surface area contributed by atoms with Gasteiger partial charge in [-0.15, -0.1) is 0 Å². The Bertz CT molecular complexity index is 677. The van der Waals surface area contributed by atoms with Gasteiger partial charge in [-0.3, -0.25) is 0 Å². The Balaban J connectivity index is 2.03. The second-order valence-corrected chi connectivity index (χ2v) is 5.65. The Morgan fingerprint density at radius 2 is 1.77 bits per heavy atom. The third-order valence-corrected chi connectivity index (χ3v) is 3.92. The standard InChI is InChI=1S/C17H19N3O2/c1-12-5-7-13(8-6-12)16-18-14(17(21)22)11-15(19-16)20-9-3-2-4-10-20/h5-8,11H,2-4,9-10H2,1H3,(H,21,22). The van der Waals surface area contributed by atoms with Crippen LogP contribution in [0.3, 0.4) is 0 Å². The fraction of sp³-hybridized carbons (Fsp3) is 0.353. The van der Waals surface area contributed by atoms with E-state index in [9.17, 15) is 9.90 Å². The number of hydrogen-bond donors (Lipinski definition) is 1. The molecule has 1 aromatic heterocycles. The summed E-state index contributed by atoms with van der Waals surface area (Å²) >= 11 is 0. The van der Waals surface area contributed by atoms with Gasteiger partial charge in [0.25, 0.3) is 0 Å². The molecule has 1 fully saturated rings. The first-order valence-electron chi connectivity index (χ1n) is 7.58. The molecule has 0 amide bonds. The van der Waals surface area contributed by atoms with Crippen molar-refractivity contribution in [2.24, 2.45) is 0 Å². The maximum Gasteiger partial charge on any atom is 0.354 e. The number of rotatable bonds is 3. The van der Waals surface area contributed by atoms with E-state index in [0.717, 1.165) is 37.1 Å². The summed E-state index contributed by atoms with van der Waals surface area (Å²) in [5, 5.41) is 9.31. The summed E-state index contributed by atoms with van der Waals surface area (Å²) in [4.78, 5) is 22.3. The second kappa shape index (κ2) is 6.13. The zero-order valence-corrected chi connectivity index (χ0v) is 12.6. The lowest BCUT2D eigenvalue weighted by Gasteiger charge is -2.28. The predicted molar refractivity (Wildman–Crippen MR) is 85.2 cm³/mol. The molecule has 3 rings (SSSR count). The van der Waals surface area contributed by atoms with E-state index in [1.54, 1.807) is 6.07 Å². The molecule has 0 radical (unpaired) electrons. The zero-order valence-electron chi connectivity index (χ0n) is 12.6. The number of aromatic carboxylic acids is 1. The molecule has 1 aliphatic heterocycles. The van der Waals surface area contributed by atoms with E-state index in [4.69, 9.17) is 0 Å². The van der Waals surface area contributed by atoms with Crippen LogP contribution in [0.1, 0.15) is 35.3 Å². The van der Waals surface area contributed by atoms with Gasteiger partial charge in [-0.25, -0.2) is 14.8 Å². The fourth-order valence-electron chi connectivity index (χ4n) is 2.66. The quantitative estimate of drug-likeness (QED) is 0.942. The lowest BCUT2D eigenvalue weighted by molar-refractivity contribution is 0.0690. The smallest absolute Gasteiger partial charge is 0.354 e. The van der Waals surface area contributed by atoms with Crippen molar-refractivity contribution in [2.45, 2.75) is 26.2 Å². The summed E-state index contributed by atoms with van der Waals surface area (Å²) in [7, 11) is 0. The van der Waals surface area contributed by atoms with Crippen LogP contribution in [0.2, 0.25) is 0 Å². The van der Waals surface area contributed by atoms with Crippen molar-refractivity contribution in [1.82, 2.24) is 9.97 Å². The molecule has 1 N–H and O–H groups in total. The molecule has 5 nitrogen and oxygen atoms in total. The van der Waals surface area contributed by atoms with Crippen molar-refractivity contribution in [3.05, 3.63) is 41.6 Å². The van der Waals surface area contributed by atoms with Crippen LogP contribution < -0.4 is 4.90 Å². The first-order valence-corrected chi connectivity index (χ1v) is 7.58. The van der Waals surface area contributed by atoms with Crippen LogP contribution in [0.4, 0.5) is 5.82 Å². The molecule has 0 spiro atoms. The zero-order chi connectivity index (χ0) is 15.5. The number of aromatic nitrogens is 2. The molecule has 2 aromatic rings. The van der Waals surface area contributed by atoms with E-state index in [1.165, 1.54) is 6.42 Å². The highest BCUT2D eigenvalue weighted by Crippen LogP contribution is 2.23. The maximum atomic E-state index is 11.4. The normalized spacial score (nSPS) is 14.9. The minimum Gasteiger partial charge on any atom is -0.477 e. The highest BCUT2D eigenvalue weighted by molar-refractivity contribution is 5.87. The van der Waals surface area contributed by atoms with Gasteiger partial charge in [0.1, 0.15) is 5.82 Å². The Labute approximate surface area is 129 Å². The predicted octanol–water partition coefficient (Wildman–Crippen LogP) is 3.14. The van der Waals surface area contributed by atoms with Crippen molar-refractivity contribution < 1.29 is 9.90 Å². The molecule has 0 saturated carbocycles. The molecule has 0 atom stereocenters. The first kappa shape index (κ1) is 14.5. The van der Waals surface area contributed by atoms with Gasteiger partial charge in [0.05, 0.1) is 0 Å². The van der Waals surface area contributed by atoms with E-state index in [1.807, 2.05) is 31.2 Å². The lowest BCUT2D eigenvalue weighted by Crippen LogP contribution is -2.30. The number of nitrogens with zero attached hydrogens (tertiary/aromatic N) is 3. The molecule has 114 valence electrons.